The van der Waals surface area contributed by atoms with Gasteiger partial charge in [-0.2, -0.15) is 0 Å². The molecule has 0 amide bonds. The van der Waals surface area contributed by atoms with Gasteiger partial charge in [0, 0.05) is 11.1 Å². The van der Waals surface area contributed by atoms with Crippen LogP contribution in [0.1, 0.15) is 46.0 Å². The van der Waals surface area contributed by atoms with E-state index in [1.807, 2.05) is 0 Å². The minimum atomic E-state index is 0.467. The summed E-state index contributed by atoms with van der Waals surface area (Å²) in [6.07, 6.45) is 7.18. The molecule has 0 aromatic rings. The van der Waals surface area contributed by atoms with Crippen LogP contribution >= 0.6 is 0 Å². The zero-order valence-corrected chi connectivity index (χ0v) is 7.98. The van der Waals surface area contributed by atoms with Crippen molar-refractivity contribution in [1.82, 2.24) is 4.90 Å². The molecule has 1 saturated carbocycles. The van der Waals surface area contributed by atoms with Crippen molar-refractivity contribution in [3.05, 3.63) is 0 Å². The van der Waals surface area contributed by atoms with Crippen molar-refractivity contribution < 1.29 is 0 Å². The molecule has 1 aliphatic carbocycles. The number of hydrogen-bond donors (Lipinski definition) is 0. The molecule has 1 nitrogen and oxygen atoms in total. The average Bonchev–Trinajstić information content (AvgIpc) is 2.65. The van der Waals surface area contributed by atoms with E-state index in [4.69, 9.17) is 0 Å². The molecule has 2 aliphatic rings. The Morgan fingerprint density at radius 3 is 2.09 bits per heavy atom. The molecule has 0 atom stereocenters. The molecule has 2 rings (SSSR count). The number of likely N-dealkylation sites (tertiary alicyclic amines) is 1. The summed E-state index contributed by atoms with van der Waals surface area (Å²) in [5.74, 6) is 0. The highest BCUT2D eigenvalue weighted by atomic mass is 15.3. The molecule has 1 heterocycles. The van der Waals surface area contributed by atoms with Gasteiger partial charge in [0.15, 0.2) is 0 Å². The fourth-order valence-electron chi connectivity index (χ4n) is 2.56. The molecule has 0 radical (unpaired) electrons. The van der Waals surface area contributed by atoms with Crippen LogP contribution in [0.5, 0.6) is 0 Å². The lowest BCUT2D eigenvalue weighted by molar-refractivity contribution is 0.0358. The SMILES string of the molecule is CN1C(C)(C)CCCC12CC2. The third-order valence-corrected chi connectivity index (χ3v) is 3.88. The highest BCUT2D eigenvalue weighted by molar-refractivity contribution is 5.09. The standard InChI is InChI=1S/C10H19N/c1-9(2)5-4-6-10(7-8-10)11(9)3/h4-8H2,1-3H3. The van der Waals surface area contributed by atoms with Gasteiger partial charge >= 0.3 is 0 Å². The monoisotopic (exact) mass is 153 g/mol. The Morgan fingerprint density at radius 2 is 1.64 bits per heavy atom. The minimum Gasteiger partial charge on any atom is -0.296 e. The molecule has 1 heteroatoms. The average molecular weight is 153 g/mol. The molecule has 2 fully saturated rings. The van der Waals surface area contributed by atoms with E-state index in [2.05, 4.69) is 25.8 Å². The van der Waals surface area contributed by atoms with E-state index < -0.39 is 0 Å². The predicted octanol–water partition coefficient (Wildman–Crippen LogP) is 2.41. The van der Waals surface area contributed by atoms with Crippen LogP contribution in [-0.2, 0) is 0 Å². The number of piperidine rings is 1. The minimum absolute atomic E-state index is 0.467. The molecule has 0 unspecified atom stereocenters. The largest absolute Gasteiger partial charge is 0.296 e. The van der Waals surface area contributed by atoms with Crippen molar-refractivity contribution in [2.75, 3.05) is 7.05 Å². The van der Waals surface area contributed by atoms with Gasteiger partial charge in [-0.1, -0.05) is 0 Å². The van der Waals surface area contributed by atoms with Crippen molar-refractivity contribution in [2.45, 2.75) is 57.0 Å². The van der Waals surface area contributed by atoms with Crippen molar-refractivity contribution in [2.24, 2.45) is 0 Å². The summed E-state index contributed by atoms with van der Waals surface area (Å²) in [5, 5.41) is 0. The van der Waals surface area contributed by atoms with Gasteiger partial charge in [-0.15, -0.1) is 0 Å². The molecule has 11 heavy (non-hydrogen) atoms. The summed E-state index contributed by atoms with van der Waals surface area (Å²) in [4.78, 5) is 2.63. The summed E-state index contributed by atoms with van der Waals surface area (Å²) in [6, 6.07) is 0. The van der Waals surface area contributed by atoms with Crippen LogP contribution in [0.4, 0.5) is 0 Å². The molecule has 1 saturated heterocycles. The fraction of sp³-hybridized carbons (Fsp3) is 1.00. The summed E-state index contributed by atoms with van der Waals surface area (Å²) >= 11 is 0. The van der Waals surface area contributed by atoms with Gasteiger partial charge in [0.25, 0.3) is 0 Å². The van der Waals surface area contributed by atoms with Crippen molar-refractivity contribution in [1.29, 1.82) is 0 Å². The van der Waals surface area contributed by atoms with E-state index in [1.165, 1.54) is 32.1 Å². The van der Waals surface area contributed by atoms with Gasteiger partial charge in [-0.05, 0) is 53.0 Å². The molecular formula is C10H19N. The summed E-state index contributed by atoms with van der Waals surface area (Å²) < 4.78 is 0. The number of hydrogen-bond acceptors (Lipinski definition) is 1. The maximum Gasteiger partial charge on any atom is 0.0213 e. The van der Waals surface area contributed by atoms with Gasteiger partial charge in [-0.25, -0.2) is 0 Å². The van der Waals surface area contributed by atoms with Crippen molar-refractivity contribution >= 4 is 0 Å². The lowest BCUT2D eigenvalue weighted by atomic mass is 9.85. The van der Waals surface area contributed by atoms with E-state index in [0.717, 1.165) is 0 Å². The molecule has 0 aromatic carbocycles. The maximum absolute atomic E-state index is 2.63. The van der Waals surface area contributed by atoms with E-state index in [1.54, 1.807) is 0 Å². The highest BCUT2D eigenvalue weighted by Crippen LogP contribution is 2.51. The van der Waals surface area contributed by atoms with Crippen molar-refractivity contribution in [3.8, 4) is 0 Å². The lowest BCUT2D eigenvalue weighted by Gasteiger charge is -2.46. The Morgan fingerprint density at radius 1 is 1.00 bits per heavy atom. The topological polar surface area (TPSA) is 3.24 Å². The van der Waals surface area contributed by atoms with Gasteiger partial charge in [0.2, 0.25) is 0 Å². The second-order valence-corrected chi connectivity index (χ2v) is 4.95. The van der Waals surface area contributed by atoms with Gasteiger partial charge < -0.3 is 0 Å². The second kappa shape index (κ2) is 2.01. The quantitative estimate of drug-likeness (QED) is 0.516. The second-order valence-electron chi connectivity index (χ2n) is 4.95. The highest BCUT2D eigenvalue weighted by Gasteiger charge is 2.52. The van der Waals surface area contributed by atoms with Crippen LogP contribution in [-0.4, -0.2) is 23.0 Å². The summed E-state index contributed by atoms with van der Waals surface area (Å²) in [5.41, 5.74) is 1.12. The van der Waals surface area contributed by atoms with Gasteiger partial charge in [0.05, 0.1) is 0 Å². The molecule has 0 bridgehead atoms. The smallest absolute Gasteiger partial charge is 0.0213 e. The molecule has 0 N–H and O–H groups in total. The first-order chi connectivity index (χ1) is 5.07. The fourth-order valence-corrected chi connectivity index (χ4v) is 2.56. The molecular weight excluding hydrogens is 134 g/mol. The third-order valence-electron chi connectivity index (χ3n) is 3.88. The summed E-state index contributed by atoms with van der Waals surface area (Å²) in [7, 11) is 2.31. The van der Waals surface area contributed by atoms with Gasteiger partial charge in [0.1, 0.15) is 0 Å². The van der Waals surface area contributed by atoms with E-state index in [9.17, 15) is 0 Å². The summed E-state index contributed by atoms with van der Waals surface area (Å²) in [6.45, 7) is 4.76. The van der Waals surface area contributed by atoms with E-state index >= 15 is 0 Å². The first-order valence-electron chi connectivity index (χ1n) is 4.81. The Bertz CT molecular complexity index is 162. The molecule has 0 aromatic heterocycles. The Labute approximate surface area is 69.8 Å². The van der Waals surface area contributed by atoms with Crippen LogP contribution in [0.3, 0.4) is 0 Å². The normalized spacial score (nSPS) is 34.1. The Kier molecular flexibility index (Phi) is 1.39. The molecule has 64 valence electrons. The Balaban J connectivity index is 2.16. The van der Waals surface area contributed by atoms with Crippen LogP contribution in [0, 0.1) is 0 Å². The first-order valence-corrected chi connectivity index (χ1v) is 4.81. The van der Waals surface area contributed by atoms with Crippen LogP contribution < -0.4 is 0 Å². The van der Waals surface area contributed by atoms with Gasteiger partial charge in [-0.3, -0.25) is 4.90 Å². The zero-order chi connectivity index (χ0) is 8.11. The number of nitrogens with zero attached hydrogens (tertiary/aromatic N) is 1. The third kappa shape index (κ3) is 1.01. The first kappa shape index (κ1) is 7.60. The molecule has 1 spiro atoms. The van der Waals surface area contributed by atoms with E-state index in [-0.39, 0.29) is 0 Å². The predicted molar refractivity (Wildman–Crippen MR) is 47.7 cm³/mol. The zero-order valence-electron chi connectivity index (χ0n) is 7.98. The van der Waals surface area contributed by atoms with Crippen molar-refractivity contribution in [3.63, 3.8) is 0 Å². The maximum atomic E-state index is 2.63. The van der Waals surface area contributed by atoms with Crippen LogP contribution in [0.25, 0.3) is 0 Å². The van der Waals surface area contributed by atoms with E-state index in [0.29, 0.717) is 11.1 Å². The Hall–Kier alpha value is -0.0400. The molecule has 1 aliphatic heterocycles. The van der Waals surface area contributed by atoms with Crippen LogP contribution in [0.15, 0.2) is 0 Å². The van der Waals surface area contributed by atoms with Crippen LogP contribution in [0.2, 0.25) is 0 Å². The number of rotatable bonds is 0. The lowest BCUT2D eigenvalue weighted by Crippen LogP contribution is -2.52.